The molecule has 0 bridgehead atoms. The molecule has 1 heterocycles. The van der Waals surface area contributed by atoms with Crippen LogP contribution in [0, 0.1) is 5.82 Å². The van der Waals surface area contributed by atoms with Gasteiger partial charge in [-0.05, 0) is 69.5 Å². The number of carbonyl (C=O) groups is 2. The zero-order valence-corrected chi connectivity index (χ0v) is 15.4. The van der Waals surface area contributed by atoms with Gasteiger partial charge in [-0.2, -0.15) is 0 Å². The molecule has 3 rings (SSSR count). The van der Waals surface area contributed by atoms with Gasteiger partial charge < -0.3 is 19.9 Å². The summed E-state index contributed by atoms with van der Waals surface area (Å²) >= 11 is 0. The molecule has 0 radical (unpaired) electrons. The van der Waals surface area contributed by atoms with Gasteiger partial charge in [0, 0.05) is 17.8 Å². The van der Waals surface area contributed by atoms with E-state index in [0.29, 0.717) is 29.2 Å². The Morgan fingerprint density at radius 3 is 2.67 bits per heavy atom. The molecule has 0 unspecified atom stereocenters. The van der Waals surface area contributed by atoms with E-state index in [0.717, 1.165) is 13.0 Å². The summed E-state index contributed by atoms with van der Waals surface area (Å²) in [4.78, 5) is 28.4. The molecule has 0 atom stereocenters. The van der Waals surface area contributed by atoms with Gasteiger partial charge in [0.1, 0.15) is 11.6 Å². The van der Waals surface area contributed by atoms with Crippen LogP contribution in [0.1, 0.15) is 16.8 Å². The van der Waals surface area contributed by atoms with Crippen LogP contribution >= 0.6 is 0 Å². The van der Waals surface area contributed by atoms with Crippen LogP contribution in [0.25, 0.3) is 0 Å². The van der Waals surface area contributed by atoms with Gasteiger partial charge in [0.05, 0.1) is 5.69 Å². The number of nitrogens with zero attached hydrogens (tertiary/aromatic N) is 2. The van der Waals surface area contributed by atoms with Crippen molar-refractivity contribution in [3.05, 3.63) is 53.8 Å². The zero-order chi connectivity index (χ0) is 19.4. The maximum absolute atomic E-state index is 13.0. The second kappa shape index (κ2) is 8.18. The number of ether oxygens (including phenoxy) is 1. The Hall–Kier alpha value is -2.93. The van der Waals surface area contributed by atoms with Crippen molar-refractivity contribution in [2.45, 2.75) is 6.42 Å². The van der Waals surface area contributed by atoms with E-state index in [1.54, 1.807) is 23.1 Å². The first-order valence-electron chi connectivity index (χ1n) is 8.73. The van der Waals surface area contributed by atoms with E-state index in [1.807, 2.05) is 14.1 Å². The van der Waals surface area contributed by atoms with Gasteiger partial charge in [0.2, 0.25) is 0 Å². The van der Waals surface area contributed by atoms with Crippen molar-refractivity contribution in [3.63, 3.8) is 0 Å². The SMILES string of the molecule is CN(C)CCCN1C(=O)COc2ccc(NC(=O)c3ccc(F)cc3)cc21. The molecule has 1 aliphatic rings. The maximum atomic E-state index is 13.0. The molecule has 0 saturated heterocycles. The molecule has 1 N–H and O–H groups in total. The fraction of sp³-hybridized carbons (Fsp3) is 0.300. The molecule has 2 amide bonds. The number of amides is 2. The van der Waals surface area contributed by atoms with Crippen LogP contribution in [-0.4, -0.2) is 50.5 Å². The van der Waals surface area contributed by atoms with E-state index >= 15 is 0 Å². The molecule has 0 aliphatic carbocycles. The van der Waals surface area contributed by atoms with E-state index in [1.165, 1.54) is 24.3 Å². The van der Waals surface area contributed by atoms with Gasteiger partial charge in [0.25, 0.3) is 11.8 Å². The summed E-state index contributed by atoms with van der Waals surface area (Å²) in [5.74, 6) is -0.246. The lowest BCUT2D eigenvalue weighted by atomic mass is 10.1. The molecule has 0 saturated carbocycles. The van der Waals surface area contributed by atoms with Gasteiger partial charge in [-0.15, -0.1) is 0 Å². The monoisotopic (exact) mass is 371 g/mol. The lowest BCUT2D eigenvalue weighted by Gasteiger charge is -2.30. The van der Waals surface area contributed by atoms with E-state index in [4.69, 9.17) is 4.74 Å². The maximum Gasteiger partial charge on any atom is 0.265 e. The number of anilines is 2. The molecule has 1 aliphatic heterocycles. The Morgan fingerprint density at radius 1 is 1.22 bits per heavy atom. The number of carbonyl (C=O) groups excluding carboxylic acids is 2. The molecule has 27 heavy (non-hydrogen) atoms. The second-order valence-electron chi connectivity index (χ2n) is 6.63. The van der Waals surface area contributed by atoms with Gasteiger partial charge in [-0.25, -0.2) is 4.39 Å². The molecular weight excluding hydrogens is 349 g/mol. The topological polar surface area (TPSA) is 61.9 Å². The lowest BCUT2D eigenvalue weighted by molar-refractivity contribution is -0.121. The van der Waals surface area contributed by atoms with Gasteiger partial charge in [0.15, 0.2) is 6.61 Å². The van der Waals surface area contributed by atoms with Crippen molar-refractivity contribution in [2.75, 3.05) is 44.0 Å². The first kappa shape index (κ1) is 18.8. The van der Waals surface area contributed by atoms with E-state index in [-0.39, 0.29) is 18.4 Å². The number of halogens is 1. The number of fused-ring (bicyclic) bond motifs is 1. The normalized spacial score (nSPS) is 13.3. The lowest BCUT2D eigenvalue weighted by Crippen LogP contribution is -2.40. The van der Waals surface area contributed by atoms with Gasteiger partial charge >= 0.3 is 0 Å². The van der Waals surface area contributed by atoms with Crippen LogP contribution < -0.4 is 15.0 Å². The molecule has 7 heteroatoms. The van der Waals surface area contributed by atoms with Crippen molar-refractivity contribution in [1.82, 2.24) is 4.90 Å². The predicted molar refractivity (Wildman–Crippen MR) is 102 cm³/mol. The standard InChI is InChI=1S/C20H22FN3O3/c1-23(2)10-3-11-24-17-12-16(8-9-18(17)27-13-19(24)25)22-20(26)14-4-6-15(21)7-5-14/h4-9,12H,3,10-11,13H2,1-2H3,(H,22,26). The first-order chi connectivity index (χ1) is 12.9. The Kier molecular flexibility index (Phi) is 5.71. The van der Waals surface area contributed by atoms with Crippen molar-refractivity contribution in [3.8, 4) is 5.75 Å². The Labute approximate surface area is 157 Å². The van der Waals surface area contributed by atoms with Crippen LogP contribution in [-0.2, 0) is 4.79 Å². The molecule has 0 spiro atoms. The first-order valence-corrected chi connectivity index (χ1v) is 8.73. The van der Waals surface area contributed by atoms with Crippen LogP contribution in [0.3, 0.4) is 0 Å². The van der Waals surface area contributed by atoms with Crippen molar-refractivity contribution < 1.29 is 18.7 Å². The van der Waals surface area contributed by atoms with E-state index in [2.05, 4.69) is 10.2 Å². The minimum Gasteiger partial charge on any atom is -0.482 e. The summed E-state index contributed by atoms with van der Waals surface area (Å²) in [5.41, 5.74) is 1.53. The zero-order valence-electron chi connectivity index (χ0n) is 15.4. The Morgan fingerprint density at radius 2 is 1.96 bits per heavy atom. The molecule has 142 valence electrons. The molecule has 6 nitrogen and oxygen atoms in total. The van der Waals surface area contributed by atoms with Crippen LogP contribution in [0.15, 0.2) is 42.5 Å². The summed E-state index contributed by atoms with van der Waals surface area (Å²) in [7, 11) is 3.97. The molecule has 0 aromatic heterocycles. The average Bonchev–Trinajstić information content (AvgIpc) is 2.64. The third-order valence-corrected chi connectivity index (χ3v) is 4.25. The van der Waals surface area contributed by atoms with Crippen molar-refractivity contribution in [2.24, 2.45) is 0 Å². The third-order valence-electron chi connectivity index (χ3n) is 4.25. The number of nitrogens with one attached hydrogen (secondary N) is 1. The van der Waals surface area contributed by atoms with Crippen molar-refractivity contribution >= 4 is 23.2 Å². The summed E-state index contributed by atoms with van der Waals surface area (Å²) in [5, 5.41) is 2.77. The smallest absolute Gasteiger partial charge is 0.265 e. The van der Waals surface area contributed by atoms with Crippen LogP contribution in [0.5, 0.6) is 5.75 Å². The highest BCUT2D eigenvalue weighted by molar-refractivity contribution is 6.05. The highest BCUT2D eigenvalue weighted by atomic mass is 19.1. The molecular formula is C20H22FN3O3. The predicted octanol–water partition coefficient (Wildman–Crippen LogP) is 2.76. The Balaban J connectivity index is 1.77. The number of hydrogen-bond donors (Lipinski definition) is 1. The summed E-state index contributed by atoms with van der Waals surface area (Å²) in [6, 6.07) is 10.5. The third kappa shape index (κ3) is 4.62. The quantitative estimate of drug-likeness (QED) is 0.848. The van der Waals surface area contributed by atoms with Crippen LogP contribution in [0.2, 0.25) is 0 Å². The van der Waals surface area contributed by atoms with Gasteiger partial charge in [-0.3, -0.25) is 9.59 Å². The fourth-order valence-electron chi connectivity index (χ4n) is 2.87. The highest BCUT2D eigenvalue weighted by Gasteiger charge is 2.25. The number of hydrogen-bond acceptors (Lipinski definition) is 4. The van der Waals surface area contributed by atoms with E-state index < -0.39 is 5.82 Å². The number of benzene rings is 2. The van der Waals surface area contributed by atoms with Gasteiger partial charge in [-0.1, -0.05) is 0 Å². The largest absolute Gasteiger partial charge is 0.482 e. The molecule has 2 aromatic carbocycles. The van der Waals surface area contributed by atoms with Crippen molar-refractivity contribution in [1.29, 1.82) is 0 Å². The second-order valence-corrected chi connectivity index (χ2v) is 6.63. The average molecular weight is 371 g/mol. The summed E-state index contributed by atoms with van der Waals surface area (Å²) in [6.45, 7) is 1.44. The minimum atomic E-state index is -0.399. The highest BCUT2D eigenvalue weighted by Crippen LogP contribution is 2.34. The molecule has 0 fully saturated rings. The minimum absolute atomic E-state index is 0.0102. The summed E-state index contributed by atoms with van der Waals surface area (Å²) < 4.78 is 18.5. The van der Waals surface area contributed by atoms with Crippen LogP contribution in [0.4, 0.5) is 15.8 Å². The molecule has 2 aromatic rings. The number of rotatable bonds is 6. The fourth-order valence-corrected chi connectivity index (χ4v) is 2.87. The Bertz CT molecular complexity index is 837. The summed E-state index contributed by atoms with van der Waals surface area (Å²) in [6.07, 6.45) is 0.824. The van der Waals surface area contributed by atoms with E-state index in [9.17, 15) is 14.0 Å².